The summed E-state index contributed by atoms with van der Waals surface area (Å²) in [7, 11) is 0. The van der Waals surface area contributed by atoms with E-state index >= 15 is 0 Å². The molecule has 4 N–H and O–H groups in total. The molecule has 2 amide bonds. The van der Waals surface area contributed by atoms with Crippen molar-refractivity contribution in [1.82, 2.24) is 15.3 Å². The fourth-order valence-electron chi connectivity index (χ4n) is 2.74. The fourth-order valence-corrected chi connectivity index (χ4v) is 2.74. The molecule has 0 saturated heterocycles. The minimum Gasteiger partial charge on any atom is -0.394 e. The van der Waals surface area contributed by atoms with E-state index in [9.17, 15) is 23.1 Å². The molecule has 1 unspecified atom stereocenters. The molecular formula is C18H17F3N4O2. The van der Waals surface area contributed by atoms with Crippen LogP contribution in [0.1, 0.15) is 11.1 Å². The quantitative estimate of drug-likeness (QED) is 0.549. The Hall–Kier alpha value is -3.07. The first-order valence-corrected chi connectivity index (χ1v) is 8.13. The van der Waals surface area contributed by atoms with Gasteiger partial charge in [-0.05, 0) is 30.2 Å². The molecule has 0 aliphatic heterocycles. The van der Waals surface area contributed by atoms with Gasteiger partial charge < -0.3 is 15.4 Å². The molecule has 27 heavy (non-hydrogen) atoms. The Labute approximate surface area is 152 Å². The van der Waals surface area contributed by atoms with Gasteiger partial charge in [0.05, 0.1) is 18.2 Å². The number of para-hydroxylation sites is 1. The molecule has 142 valence electrons. The van der Waals surface area contributed by atoms with E-state index in [-0.39, 0.29) is 12.4 Å². The second-order valence-corrected chi connectivity index (χ2v) is 5.97. The number of fused-ring (bicyclic) bond motifs is 1. The van der Waals surface area contributed by atoms with E-state index in [2.05, 4.69) is 20.6 Å². The number of rotatable bonds is 5. The number of carbonyl (C=O) groups excluding carboxylic acids is 1. The number of nitrogens with one attached hydrogen (secondary N) is 3. The molecule has 9 heteroatoms. The molecule has 2 heterocycles. The van der Waals surface area contributed by atoms with Crippen LogP contribution in [-0.4, -0.2) is 33.8 Å². The molecule has 0 fully saturated rings. The van der Waals surface area contributed by atoms with E-state index in [4.69, 9.17) is 0 Å². The van der Waals surface area contributed by atoms with Crippen LogP contribution in [0.3, 0.4) is 0 Å². The summed E-state index contributed by atoms with van der Waals surface area (Å²) in [6.45, 7) is -0.330. The number of anilines is 1. The number of pyridine rings is 1. The Kier molecular flexibility index (Phi) is 5.31. The van der Waals surface area contributed by atoms with Gasteiger partial charge in [-0.2, -0.15) is 13.2 Å². The van der Waals surface area contributed by atoms with Gasteiger partial charge in [0.2, 0.25) is 0 Å². The van der Waals surface area contributed by atoms with Crippen LogP contribution < -0.4 is 10.6 Å². The summed E-state index contributed by atoms with van der Waals surface area (Å²) < 4.78 is 38.2. The van der Waals surface area contributed by atoms with Crippen LogP contribution in [0, 0.1) is 0 Å². The molecule has 0 bridgehead atoms. The number of hydrogen-bond donors (Lipinski definition) is 4. The van der Waals surface area contributed by atoms with E-state index in [1.54, 1.807) is 6.20 Å². The van der Waals surface area contributed by atoms with Gasteiger partial charge in [-0.25, -0.2) is 9.78 Å². The molecule has 3 aromatic rings. The SMILES string of the molecule is O=C(Nc1cc(C(F)(F)F)ccn1)NC(CO)Cc1c[nH]c2ccccc12. The Morgan fingerprint density at radius 2 is 2.04 bits per heavy atom. The van der Waals surface area contributed by atoms with Gasteiger partial charge in [-0.1, -0.05) is 18.2 Å². The van der Waals surface area contributed by atoms with Crippen molar-refractivity contribution in [2.75, 3.05) is 11.9 Å². The number of aliphatic hydroxyl groups excluding tert-OH is 1. The molecule has 0 aliphatic carbocycles. The summed E-state index contributed by atoms with van der Waals surface area (Å²) in [5.74, 6) is -0.230. The Morgan fingerprint density at radius 3 is 2.78 bits per heavy atom. The normalized spacial score (nSPS) is 12.7. The summed E-state index contributed by atoms with van der Waals surface area (Å²) in [5.41, 5.74) is 0.925. The van der Waals surface area contributed by atoms with E-state index in [1.807, 2.05) is 24.3 Å². The number of carbonyl (C=O) groups is 1. The van der Waals surface area contributed by atoms with Crippen LogP contribution in [0.2, 0.25) is 0 Å². The fraction of sp³-hybridized carbons (Fsp3) is 0.222. The maximum absolute atomic E-state index is 12.7. The number of benzene rings is 1. The molecule has 0 spiro atoms. The smallest absolute Gasteiger partial charge is 0.394 e. The highest BCUT2D eigenvalue weighted by Crippen LogP contribution is 2.29. The zero-order valence-electron chi connectivity index (χ0n) is 14.0. The van der Waals surface area contributed by atoms with E-state index in [0.717, 1.165) is 34.8 Å². The zero-order valence-corrected chi connectivity index (χ0v) is 14.0. The largest absolute Gasteiger partial charge is 0.416 e. The van der Waals surface area contributed by atoms with Gasteiger partial charge in [-0.15, -0.1) is 0 Å². The van der Waals surface area contributed by atoms with E-state index in [0.29, 0.717) is 6.42 Å². The van der Waals surface area contributed by atoms with Gasteiger partial charge in [0.15, 0.2) is 0 Å². The lowest BCUT2D eigenvalue weighted by molar-refractivity contribution is -0.137. The van der Waals surface area contributed by atoms with E-state index in [1.165, 1.54) is 0 Å². The standard InChI is InChI=1S/C18H17F3N4O2/c19-18(20,21)12-5-6-22-16(8-12)25-17(27)24-13(10-26)7-11-9-23-15-4-2-1-3-14(11)15/h1-6,8-9,13,23,26H,7,10H2,(H2,22,24,25,27). The first-order chi connectivity index (χ1) is 12.9. The third kappa shape index (κ3) is 4.56. The molecular weight excluding hydrogens is 361 g/mol. The molecule has 1 atom stereocenters. The highest BCUT2D eigenvalue weighted by Gasteiger charge is 2.30. The average molecular weight is 378 g/mol. The van der Waals surface area contributed by atoms with Crippen molar-refractivity contribution in [1.29, 1.82) is 0 Å². The topological polar surface area (TPSA) is 90.0 Å². The number of aromatic amines is 1. The molecule has 0 radical (unpaired) electrons. The number of aliphatic hydroxyl groups is 1. The second kappa shape index (κ2) is 7.67. The second-order valence-electron chi connectivity index (χ2n) is 5.97. The lowest BCUT2D eigenvalue weighted by atomic mass is 10.1. The first kappa shape index (κ1) is 18.7. The minimum atomic E-state index is -4.53. The highest BCUT2D eigenvalue weighted by atomic mass is 19.4. The number of alkyl halides is 3. The molecule has 2 aromatic heterocycles. The predicted molar refractivity (Wildman–Crippen MR) is 94.3 cm³/mol. The van der Waals surface area contributed by atoms with Gasteiger partial charge >= 0.3 is 12.2 Å². The van der Waals surface area contributed by atoms with Crippen LogP contribution in [0.5, 0.6) is 0 Å². The average Bonchev–Trinajstić information content (AvgIpc) is 3.03. The van der Waals surface area contributed by atoms with Crippen LogP contribution >= 0.6 is 0 Å². The number of H-pyrrole nitrogens is 1. The molecule has 3 rings (SSSR count). The maximum Gasteiger partial charge on any atom is 0.416 e. The lowest BCUT2D eigenvalue weighted by Crippen LogP contribution is -2.41. The van der Waals surface area contributed by atoms with Gasteiger partial charge in [-0.3, -0.25) is 5.32 Å². The van der Waals surface area contributed by atoms with Crippen molar-refractivity contribution in [3.63, 3.8) is 0 Å². The number of hydrogen-bond acceptors (Lipinski definition) is 3. The Morgan fingerprint density at radius 1 is 1.26 bits per heavy atom. The number of amides is 2. The number of aromatic nitrogens is 2. The summed E-state index contributed by atoms with van der Waals surface area (Å²) in [4.78, 5) is 18.9. The Bertz CT molecular complexity index is 940. The summed E-state index contributed by atoms with van der Waals surface area (Å²) >= 11 is 0. The van der Waals surface area contributed by atoms with Crippen molar-refractivity contribution in [2.45, 2.75) is 18.6 Å². The maximum atomic E-state index is 12.7. The summed E-state index contributed by atoms with van der Waals surface area (Å²) in [6, 6.07) is 7.79. The van der Waals surface area contributed by atoms with Crippen LogP contribution in [0.15, 0.2) is 48.8 Å². The van der Waals surface area contributed by atoms with Crippen molar-refractivity contribution in [3.8, 4) is 0 Å². The zero-order chi connectivity index (χ0) is 19.4. The van der Waals surface area contributed by atoms with Gasteiger partial charge in [0.25, 0.3) is 0 Å². The Balaban J connectivity index is 1.65. The first-order valence-electron chi connectivity index (χ1n) is 8.13. The van der Waals surface area contributed by atoms with Crippen molar-refractivity contribution in [2.24, 2.45) is 0 Å². The highest BCUT2D eigenvalue weighted by molar-refractivity contribution is 5.88. The summed E-state index contributed by atoms with van der Waals surface area (Å²) in [6.07, 6.45) is -1.42. The third-order valence-corrected chi connectivity index (χ3v) is 4.03. The van der Waals surface area contributed by atoms with Crippen molar-refractivity contribution < 1.29 is 23.1 Å². The van der Waals surface area contributed by atoms with Crippen LogP contribution in [0.25, 0.3) is 10.9 Å². The molecule has 6 nitrogen and oxygen atoms in total. The number of halogens is 3. The van der Waals surface area contributed by atoms with Gasteiger partial charge in [0.1, 0.15) is 5.82 Å². The molecule has 0 aliphatic rings. The lowest BCUT2D eigenvalue weighted by Gasteiger charge is -2.16. The summed E-state index contributed by atoms with van der Waals surface area (Å²) in [5, 5.41) is 15.3. The predicted octanol–water partition coefficient (Wildman–Crippen LogP) is 3.31. The monoisotopic (exact) mass is 378 g/mol. The van der Waals surface area contributed by atoms with Crippen LogP contribution in [0.4, 0.5) is 23.8 Å². The van der Waals surface area contributed by atoms with Gasteiger partial charge in [0, 0.05) is 23.3 Å². The third-order valence-electron chi connectivity index (χ3n) is 4.03. The number of urea groups is 1. The molecule has 0 saturated carbocycles. The number of nitrogens with zero attached hydrogens (tertiary/aromatic N) is 1. The minimum absolute atomic E-state index is 0.230. The van der Waals surface area contributed by atoms with Crippen LogP contribution in [-0.2, 0) is 12.6 Å². The van der Waals surface area contributed by atoms with Crippen molar-refractivity contribution >= 4 is 22.8 Å². The van der Waals surface area contributed by atoms with Crippen molar-refractivity contribution in [3.05, 3.63) is 59.9 Å². The van der Waals surface area contributed by atoms with E-state index < -0.39 is 23.8 Å². The molecule has 1 aromatic carbocycles.